The zero-order chi connectivity index (χ0) is 9.97. The van der Waals surface area contributed by atoms with Crippen LogP contribution in [-0.4, -0.2) is 15.9 Å². The lowest BCUT2D eigenvalue weighted by Gasteiger charge is -2.22. The third-order valence-corrected chi connectivity index (χ3v) is 2.74. The Labute approximate surface area is 84.0 Å². The number of nitrogens with zero attached hydrogens (tertiary/aromatic N) is 2. The molecule has 1 fully saturated rings. The summed E-state index contributed by atoms with van der Waals surface area (Å²) in [5, 5.41) is 4.05. The van der Waals surface area contributed by atoms with E-state index in [4.69, 9.17) is 10.5 Å². The molecule has 0 bridgehead atoms. The predicted octanol–water partition coefficient (Wildman–Crippen LogP) is 1.71. The van der Waals surface area contributed by atoms with Crippen molar-refractivity contribution in [2.75, 3.05) is 5.73 Å². The summed E-state index contributed by atoms with van der Waals surface area (Å²) in [5.74, 6) is 0.719. The van der Waals surface area contributed by atoms with Crippen LogP contribution in [0.3, 0.4) is 0 Å². The van der Waals surface area contributed by atoms with Crippen molar-refractivity contribution in [1.29, 1.82) is 0 Å². The number of anilines is 1. The van der Waals surface area contributed by atoms with Gasteiger partial charge in [0.15, 0.2) is 0 Å². The average Bonchev–Trinajstić information content (AvgIpc) is 2.51. The Morgan fingerprint density at radius 2 is 2.14 bits per heavy atom. The third-order valence-electron chi connectivity index (χ3n) is 2.74. The molecule has 4 heteroatoms. The highest BCUT2D eigenvalue weighted by Crippen LogP contribution is 2.26. The van der Waals surface area contributed by atoms with Gasteiger partial charge in [-0.2, -0.15) is 5.10 Å². The second-order valence-corrected chi connectivity index (χ2v) is 3.91. The summed E-state index contributed by atoms with van der Waals surface area (Å²) in [6.45, 7) is 0. The van der Waals surface area contributed by atoms with Crippen LogP contribution >= 0.6 is 0 Å². The molecule has 2 N–H and O–H groups in total. The monoisotopic (exact) mass is 195 g/mol. The summed E-state index contributed by atoms with van der Waals surface area (Å²) in [7, 11) is 1.86. The summed E-state index contributed by atoms with van der Waals surface area (Å²) in [4.78, 5) is 0. The maximum absolute atomic E-state index is 5.83. The average molecular weight is 195 g/mol. The number of nitrogens with two attached hydrogens (primary N) is 1. The molecule has 14 heavy (non-hydrogen) atoms. The van der Waals surface area contributed by atoms with Gasteiger partial charge in [-0.15, -0.1) is 0 Å². The second kappa shape index (κ2) is 3.90. The Kier molecular flexibility index (Phi) is 2.61. The van der Waals surface area contributed by atoms with Gasteiger partial charge in [-0.05, 0) is 25.7 Å². The van der Waals surface area contributed by atoms with E-state index >= 15 is 0 Å². The molecule has 0 unspecified atom stereocenters. The van der Waals surface area contributed by atoms with Gasteiger partial charge in [0.25, 0.3) is 0 Å². The van der Waals surface area contributed by atoms with Gasteiger partial charge in [-0.1, -0.05) is 6.42 Å². The first kappa shape index (κ1) is 9.37. The fourth-order valence-electron chi connectivity index (χ4n) is 1.93. The number of rotatable bonds is 2. The van der Waals surface area contributed by atoms with Gasteiger partial charge in [-0.25, -0.2) is 4.68 Å². The van der Waals surface area contributed by atoms with Crippen LogP contribution in [-0.2, 0) is 7.05 Å². The first-order valence-electron chi connectivity index (χ1n) is 5.21. The van der Waals surface area contributed by atoms with Gasteiger partial charge >= 0.3 is 0 Å². The molecule has 78 valence electrons. The largest absolute Gasteiger partial charge is 0.473 e. The predicted molar refractivity (Wildman–Crippen MR) is 55.1 cm³/mol. The molecule has 0 atom stereocenters. The van der Waals surface area contributed by atoms with E-state index in [9.17, 15) is 0 Å². The highest BCUT2D eigenvalue weighted by atomic mass is 16.5. The fourth-order valence-corrected chi connectivity index (χ4v) is 1.93. The molecule has 0 spiro atoms. The maximum Gasteiger partial charge on any atom is 0.235 e. The molecule has 1 aliphatic carbocycles. The molecule has 1 aliphatic rings. The van der Waals surface area contributed by atoms with Crippen molar-refractivity contribution in [3.63, 3.8) is 0 Å². The van der Waals surface area contributed by atoms with E-state index in [1.165, 1.54) is 19.3 Å². The Balaban J connectivity index is 2.02. The molecule has 0 aromatic carbocycles. The lowest BCUT2D eigenvalue weighted by atomic mass is 9.98. The third kappa shape index (κ3) is 1.84. The van der Waals surface area contributed by atoms with E-state index in [2.05, 4.69) is 5.10 Å². The number of hydrogen-bond acceptors (Lipinski definition) is 3. The van der Waals surface area contributed by atoms with E-state index in [0.717, 1.165) is 18.7 Å². The van der Waals surface area contributed by atoms with E-state index in [-0.39, 0.29) is 0 Å². The minimum atomic E-state index is 0.335. The normalized spacial score (nSPS) is 18.4. The molecule has 0 saturated heterocycles. The molecule has 0 amide bonds. The van der Waals surface area contributed by atoms with Gasteiger partial charge in [-0.3, -0.25) is 0 Å². The molecule has 0 aliphatic heterocycles. The van der Waals surface area contributed by atoms with Crippen molar-refractivity contribution < 1.29 is 4.74 Å². The quantitative estimate of drug-likeness (QED) is 0.781. The Hall–Kier alpha value is -1.19. The lowest BCUT2D eigenvalue weighted by Crippen LogP contribution is -2.21. The molecule has 4 nitrogen and oxygen atoms in total. The number of nitrogen functional groups attached to an aromatic ring is 1. The van der Waals surface area contributed by atoms with Crippen molar-refractivity contribution in [3.05, 3.63) is 6.20 Å². The SMILES string of the molecule is Cn1ncc(N)c1OC1CCCCC1. The molecular weight excluding hydrogens is 178 g/mol. The molecule has 1 aromatic rings. The molecule has 2 rings (SSSR count). The van der Waals surface area contributed by atoms with Gasteiger partial charge in [0.1, 0.15) is 11.8 Å². The van der Waals surface area contributed by atoms with Crippen LogP contribution in [0.15, 0.2) is 6.20 Å². The number of hydrogen-bond donors (Lipinski definition) is 1. The smallest absolute Gasteiger partial charge is 0.235 e. The van der Waals surface area contributed by atoms with Gasteiger partial charge < -0.3 is 10.5 Å². The van der Waals surface area contributed by atoms with E-state index in [1.54, 1.807) is 10.9 Å². The van der Waals surface area contributed by atoms with Crippen LogP contribution in [0.2, 0.25) is 0 Å². The standard InChI is InChI=1S/C10H17N3O/c1-13-10(9(11)7-12-13)14-8-5-3-2-4-6-8/h7-8H,2-6,11H2,1H3. The Bertz CT molecular complexity index is 283. The van der Waals surface area contributed by atoms with Crippen LogP contribution in [0.5, 0.6) is 5.88 Å². The highest BCUT2D eigenvalue weighted by Gasteiger charge is 2.17. The maximum atomic E-state index is 5.83. The van der Waals surface area contributed by atoms with Crippen LogP contribution in [0, 0.1) is 0 Å². The summed E-state index contributed by atoms with van der Waals surface area (Å²) in [6, 6.07) is 0. The van der Waals surface area contributed by atoms with E-state index < -0.39 is 0 Å². The molecule has 0 radical (unpaired) electrons. The van der Waals surface area contributed by atoms with Crippen LogP contribution < -0.4 is 10.5 Å². The summed E-state index contributed by atoms with van der Waals surface area (Å²) in [6.07, 6.45) is 8.13. The van der Waals surface area contributed by atoms with Gasteiger partial charge in [0, 0.05) is 7.05 Å². The lowest BCUT2D eigenvalue weighted by molar-refractivity contribution is 0.143. The number of aryl methyl sites for hydroxylation is 1. The molecule has 1 saturated carbocycles. The molecular formula is C10H17N3O. The van der Waals surface area contributed by atoms with Crippen molar-refractivity contribution >= 4 is 5.69 Å². The van der Waals surface area contributed by atoms with E-state index in [0.29, 0.717) is 11.8 Å². The van der Waals surface area contributed by atoms with Crippen LogP contribution in [0.25, 0.3) is 0 Å². The van der Waals surface area contributed by atoms with Crippen LogP contribution in [0.1, 0.15) is 32.1 Å². The topological polar surface area (TPSA) is 53.1 Å². The fraction of sp³-hybridized carbons (Fsp3) is 0.700. The minimum Gasteiger partial charge on any atom is -0.473 e. The summed E-state index contributed by atoms with van der Waals surface area (Å²) < 4.78 is 7.53. The van der Waals surface area contributed by atoms with E-state index in [1.807, 2.05) is 7.05 Å². The highest BCUT2D eigenvalue weighted by molar-refractivity contribution is 5.46. The number of aromatic nitrogens is 2. The van der Waals surface area contributed by atoms with Crippen molar-refractivity contribution in [3.8, 4) is 5.88 Å². The summed E-state index contributed by atoms with van der Waals surface area (Å²) in [5.41, 5.74) is 6.39. The minimum absolute atomic E-state index is 0.335. The van der Waals surface area contributed by atoms with Gasteiger partial charge in [0.2, 0.25) is 5.88 Å². The molecule has 1 heterocycles. The Morgan fingerprint density at radius 3 is 2.71 bits per heavy atom. The van der Waals surface area contributed by atoms with Crippen molar-refractivity contribution in [2.24, 2.45) is 7.05 Å². The van der Waals surface area contributed by atoms with Gasteiger partial charge in [0.05, 0.1) is 6.20 Å². The Morgan fingerprint density at radius 1 is 1.43 bits per heavy atom. The second-order valence-electron chi connectivity index (χ2n) is 3.91. The number of ether oxygens (including phenoxy) is 1. The zero-order valence-corrected chi connectivity index (χ0v) is 8.57. The van der Waals surface area contributed by atoms with Crippen molar-refractivity contribution in [1.82, 2.24) is 9.78 Å². The first-order valence-corrected chi connectivity index (χ1v) is 5.21. The first-order chi connectivity index (χ1) is 6.77. The summed E-state index contributed by atoms with van der Waals surface area (Å²) >= 11 is 0. The van der Waals surface area contributed by atoms with Crippen molar-refractivity contribution in [2.45, 2.75) is 38.2 Å². The molecule has 1 aromatic heterocycles. The zero-order valence-electron chi connectivity index (χ0n) is 8.57. The van der Waals surface area contributed by atoms with Crippen LogP contribution in [0.4, 0.5) is 5.69 Å².